The molecule has 7 heteroatoms. The molecule has 3 nitrogen and oxygen atoms in total. The average molecular weight is 330 g/mol. The van der Waals surface area contributed by atoms with Crippen LogP contribution in [0.1, 0.15) is 21.5 Å². The molecule has 0 radical (unpaired) electrons. The summed E-state index contributed by atoms with van der Waals surface area (Å²) in [5.74, 6) is -1.17. The summed E-state index contributed by atoms with van der Waals surface area (Å²) in [6.45, 7) is -0.0571. The highest BCUT2D eigenvalue weighted by Gasteiger charge is 2.32. The summed E-state index contributed by atoms with van der Waals surface area (Å²) in [6.07, 6.45) is -4.43. The summed E-state index contributed by atoms with van der Waals surface area (Å²) < 4.78 is 38.6. The van der Waals surface area contributed by atoms with E-state index in [9.17, 15) is 18.0 Å². The quantitative estimate of drug-likeness (QED) is 0.857. The topological polar surface area (TPSA) is 49.3 Å². The molecule has 0 unspecified atom stereocenters. The molecular weight excluding hydrogens is 319 g/mol. The normalized spacial score (nSPS) is 11.3. The summed E-state index contributed by atoms with van der Waals surface area (Å²) >= 11 is 5.81. The SMILES string of the molecule is O=C(O)c1ccc(NCc2ccccc2C(F)(F)F)cc1Cl. The van der Waals surface area contributed by atoms with Gasteiger partial charge in [0.1, 0.15) is 0 Å². The monoisotopic (exact) mass is 329 g/mol. The second-order valence-electron chi connectivity index (χ2n) is 4.51. The van der Waals surface area contributed by atoms with Gasteiger partial charge in [-0.3, -0.25) is 0 Å². The number of carboxylic acid groups (broad SMARTS) is 1. The Hall–Kier alpha value is -2.21. The van der Waals surface area contributed by atoms with Crippen molar-refractivity contribution >= 4 is 23.3 Å². The molecule has 0 bridgehead atoms. The minimum atomic E-state index is -4.43. The minimum absolute atomic E-state index is 0.0154. The smallest absolute Gasteiger partial charge is 0.416 e. The van der Waals surface area contributed by atoms with Crippen LogP contribution in [0, 0.1) is 0 Å². The van der Waals surface area contributed by atoms with Crippen LogP contribution in [-0.4, -0.2) is 11.1 Å². The molecule has 0 fully saturated rings. The lowest BCUT2D eigenvalue weighted by Crippen LogP contribution is -2.11. The summed E-state index contributed by atoms with van der Waals surface area (Å²) in [6, 6.07) is 9.34. The van der Waals surface area contributed by atoms with Gasteiger partial charge in [-0.25, -0.2) is 4.79 Å². The van der Waals surface area contributed by atoms with Crippen molar-refractivity contribution in [2.24, 2.45) is 0 Å². The van der Waals surface area contributed by atoms with E-state index in [1.165, 1.54) is 36.4 Å². The molecule has 22 heavy (non-hydrogen) atoms. The van der Waals surface area contributed by atoms with Crippen LogP contribution in [0.4, 0.5) is 18.9 Å². The van der Waals surface area contributed by atoms with E-state index >= 15 is 0 Å². The van der Waals surface area contributed by atoms with Gasteiger partial charge in [0.15, 0.2) is 0 Å². The molecule has 2 aromatic carbocycles. The number of carboxylic acids is 1. The van der Waals surface area contributed by atoms with Gasteiger partial charge in [-0.15, -0.1) is 0 Å². The molecule has 0 aliphatic carbocycles. The predicted octanol–water partition coefficient (Wildman–Crippen LogP) is 4.67. The molecule has 0 aliphatic rings. The highest BCUT2D eigenvalue weighted by Crippen LogP contribution is 2.32. The van der Waals surface area contributed by atoms with Crippen molar-refractivity contribution in [3.05, 3.63) is 64.2 Å². The van der Waals surface area contributed by atoms with Gasteiger partial charge in [0.05, 0.1) is 16.1 Å². The first-order chi connectivity index (χ1) is 10.3. The van der Waals surface area contributed by atoms with Crippen molar-refractivity contribution < 1.29 is 23.1 Å². The lowest BCUT2D eigenvalue weighted by atomic mass is 10.1. The number of aromatic carboxylic acids is 1. The number of benzene rings is 2. The van der Waals surface area contributed by atoms with Crippen molar-refractivity contribution in [3.8, 4) is 0 Å². The van der Waals surface area contributed by atoms with E-state index in [2.05, 4.69) is 5.32 Å². The third kappa shape index (κ3) is 3.71. The summed E-state index contributed by atoms with van der Waals surface area (Å²) in [4.78, 5) is 10.8. The Labute approximate surface area is 129 Å². The summed E-state index contributed by atoms with van der Waals surface area (Å²) in [5.41, 5.74) is -0.251. The third-order valence-electron chi connectivity index (χ3n) is 3.01. The number of anilines is 1. The van der Waals surface area contributed by atoms with Crippen LogP contribution < -0.4 is 5.32 Å². The molecule has 2 aromatic rings. The Morgan fingerprint density at radius 2 is 1.86 bits per heavy atom. The second kappa shape index (κ2) is 6.27. The van der Waals surface area contributed by atoms with Gasteiger partial charge in [-0.05, 0) is 29.8 Å². The zero-order chi connectivity index (χ0) is 16.3. The van der Waals surface area contributed by atoms with Crippen LogP contribution in [0.15, 0.2) is 42.5 Å². The minimum Gasteiger partial charge on any atom is -0.478 e. The van der Waals surface area contributed by atoms with Gasteiger partial charge < -0.3 is 10.4 Å². The number of carbonyl (C=O) groups is 1. The maximum Gasteiger partial charge on any atom is 0.416 e. The summed E-state index contributed by atoms with van der Waals surface area (Å²) in [5, 5.41) is 11.7. The Morgan fingerprint density at radius 3 is 2.45 bits per heavy atom. The molecule has 2 rings (SSSR count). The molecule has 116 valence electrons. The fourth-order valence-electron chi connectivity index (χ4n) is 1.95. The standard InChI is InChI=1S/C15H11ClF3NO2/c16-13-7-10(5-6-11(13)14(21)22)20-8-9-3-1-2-4-12(9)15(17,18)19/h1-7,20H,8H2,(H,21,22). The largest absolute Gasteiger partial charge is 0.478 e. The first kappa shape index (κ1) is 16.2. The van der Waals surface area contributed by atoms with E-state index in [4.69, 9.17) is 16.7 Å². The number of rotatable bonds is 4. The van der Waals surface area contributed by atoms with Crippen molar-refractivity contribution in [1.82, 2.24) is 0 Å². The van der Waals surface area contributed by atoms with Crippen molar-refractivity contribution in [1.29, 1.82) is 0 Å². The summed E-state index contributed by atoms with van der Waals surface area (Å²) in [7, 11) is 0. The van der Waals surface area contributed by atoms with Gasteiger partial charge in [-0.2, -0.15) is 13.2 Å². The van der Waals surface area contributed by atoms with Crippen LogP contribution in [0.5, 0.6) is 0 Å². The molecule has 0 aromatic heterocycles. The van der Waals surface area contributed by atoms with Gasteiger partial charge >= 0.3 is 12.1 Å². The van der Waals surface area contributed by atoms with Crippen molar-refractivity contribution in [3.63, 3.8) is 0 Å². The van der Waals surface area contributed by atoms with E-state index < -0.39 is 17.7 Å². The van der Waals surface area contributed by atoms with Crippen LogP contribution in [0.25, 0.3) is 0 Å². The maximum absolute atomic E-state index is 12.9. The Morgan fingerprint density at radius 1 is 1.18 bits per heavy atom. The van der Waals surface area contributed by atoms with Gasteiger partial charge in [-0.1, -0.05) is 29.8 Å². The molecule has 0 saturated heterocycles. The van der Waals surface area contributed by atoms with Crippen molar-refractivity contribution in [2.75, 3.05) is 5.32 Å². The second-order valence-corrected chi connectivity index (χ2v) is 4.92. The van der Waals surface area contributed by atoms with Crippen LogP contribution in [0.3, 0.4) is 0 Å². The first-order valence-electron chi connectivity index (χ1n) is 6.21. The van der Waals surface area contributed by atoms with Gasteiger partial charge in [0.25, 0.3) is 0 Å². The molecule has 0 spiro atoms. The number of nitrogens with one attached hydrogen (secondary N) is 1. The van der Waals surface area contributed by atoms with Crippen LogP contribution >= 0.6 is 11.6 Å². The zero-order valence-corrected chi connectivity index (χ0v) is 11.9. The molecule has 0 atom stereocenters. The van der Waals surface area contributed by atoms with Gasteiger partial charge in [0, 0.05) is 12.2 Å². The molecule has 0 amide bonds. The molecule has 0 saturated carbocycles. The van der Waals surface area contributed by atoms with E-state index in [1.807, 2.05) is 0 Å². The number of alkyl halides is 3. The third-order valence-corrected chi connectivity index (χ3v) is 3.32. The molecule has 0 heterocycles. The lowest BCUT2D eigenvalue weighted by Gasteiger charge is -2.14. The fraction of sp³-hybridized carbons (Fsp3) is 0.133. The Kier molecular flexibility index (Phi) is 4.61. The Balaban J connectivity index is 2.18. The zero-order valence-electron chi connectivity index (χ0n) is 11.1. The van der Waals surface area contributed by atoms with E-state index in [0.29, 0.717) is 5.69 Å². The number of hydrogen-bond donors (Lipinski definition) is 2. The number of halogens is 4. The van der Waals surface area contributed by atoms with E-state index in [1.54, 1.807) is 0 Å². The fourth-order valence-corrected chi connectivity index (χ4v) is 2.21. The highest BCUT2D eigenvalue weighted by atomic mass is 35.5. The molecular formula is C15H11ClF3NO2. The first-order valence-corrected chi connectivity index (χ1v) is 6.58. The molecule has 2 N–H and O–H groups in total. The number of hydrogen-bond acceptors (Lipinski definition) is 2. The lowest BCUT2D eigenvalue weighted by molar-refractivity contribution is -0.138. The van der Waals surface area contributed by atoms with Crippen molar-refractivity contribution in [2.45, 2.75) is 12.7 Å². The van der Waals surface area contributed by atoms with Crippen LogP contribution in [0.2, 0.25) is 5.02 Å². The van der Waals surface area contributed by atoms with Crippen LogP contribution in [-0.2, 0) is 12.7 Å². The molecule has 0 aliphatic heterocycles. The Bertz CT molecular complexity index is 701. The van der Waals surface area contributed by atoms with Gasteiger partial charge in [0.2, 0.25) is 0 Å². The maximum atomic E-state index is 12.9. The highest BCUT2D eigenvalue weighted by molar-refractivity contribution is 6.33. The van der Waals surface area contributed by atoms with E-state index in [-0.39, 0.29) is 22.7 Å². The average Bonchev–Trinajstić information content (AvgIpc) is 2.44. The predicted molar refractivity (Wildman–Crippen MR) is 77.2 cm³/mol. The van der Waals surface area contributed by atoms with E-state index in [0.717, 1.165) is 6.07 Å².